The highest BCUT2D eigenvalue weighted by atomic mass is 31.2. The quantitative estimate of drug-likeness (QED) is 0.331. The van der Waals surface area contributed by atoms with Crippen LogP contribution in [0.1, 0.15) is 31.7 Å². The lowest BCUT2D eigenvalue weighted by atomic mass is 10.2. The van der Waals surface area contributed by atoms with E-state index in [1.54, 1.807) is 0 Å². The van der Waals surface area contributed by atoms with Crippen LogP contribution in [0.15, 0.2) is 60.7 Å². The van der Waals surface area contributed by atoms with Crippen molar-refractivity contribution in [3.05, 3.63) is 66.2 Å². The van der Waals surface area contributed by atoms with Crippen LogP contribution in [0.3, 0.4) is 0 Å². The highest BCUT2D eigenvalue weighted by Crippen LogP contribution is 2.47. The summed E-state index contributed by atoms with van der Waals surface area (Å²) in [6, 6.07) is 19.5. The van der Waals surface area contributed by atoms with E-state index in [0.29, 0.717) is 38.2 Å². The summed E-state index contributed by atoms with van der Waals surface area (Å²) in [5, 5.41) is 0. The summed E-state index contributed by atoms with van der Waals surface area (Å²) < 4.78 is 30.2. The van der Waals surface area contributed by atoms with Crippen LogP contribution in [0.2, 0.25) is 0 Å². The molecule has 142 valence electrons. The first kappa shape index (κ1) is 20.7. The Balaban J connectivity index is 1.76. The number of hydrogen-bond donors (Lipinski definition) is 0. The van der Waals surface area contributed by atoms with Gasteiger partial charge in [-0.05, 0) is 30.5 Å². The van der Waals surface area contributed by atoms with E-state index in [2.05, 4.69) is 6.92 Å². The molecular weight excluding hydrogens is 347 g/mol. The number of rotatable bonds is 13. The maximum Gasteiger partial charge on any atom is 0.239 e. The largest absolute Gasteiger partial charge is 0.484 e. The molecule has 1 atom stereocenters. The Morgan fingerprint density at radius 1 is 0.885 bits per heavy atom. The third-order valence-corrected chi connectivity index (χ3v) is 6.07. The molecule has 0 aliphatic heterocycles. The molecule has 0 saturated heterocycles. The number of hydrogen-bond acceptors (Lipinski definition) is 4. The van der Waals surface area contributed by atoms with Crippen LogP contribution >= 0.6 is 7.37 Å². The van der Waals surface area contributed by atoms with Crippen molar-refractivity contribution < 1.29 is 18.6 Å². The van der Waals surface area contributed by atoms with E-state index in [1.807, 2.05) is 60.7 Å². The van der Waals surface area contributed by atoms with Crippen molar-refractivity contribution in [2.45, 2.75) is 32.8 Å². The Morgan fingerprint density at radius 2 is 1.58 bits per heavy atom. The molecule has 0 fully saturated rings. The van der Waals surface area contributed by atoms with Gasteiger partial charge in [0.2, 0.25) is 7.37 Å². The lowest BCUT2D eigenvalue weighted by Crippen LogP contribution is -2.08. The molecule has 0 aliphatic rings. The zero-order chi connectivity index (χ0) is 18.5. The van der Waals surface area contributed by atoms with Crippen LogP contribution in [-0.4, -0.2) is 25.7 Å². The summed E-state index contributed by atoms with van der Waals surface area (Å²) in [4.78, 5) is 0. The lowest BCUT2D eigenvalue weighted by molar-refractivity contribution is 0.121. The van der Waals surface area contributed by atoms with Gasteiger partial charge in [-0.1, -0.05) is 61.9 Å². The van der Waals surface area contributed by atoms with Gasteiger partial charge in [0.15, 0.2) is 6.35 Å². The number of para-hydroxylation sites is 1. The molecule has 2 aromatic rings. The van der Waals surface area contributed by atoms with Crippen molar-refractivity contribution in [3.8, 4) is 5.75 Å². The van der Waals surface area contributed by atoms with E-state index >= 15 is 0 Å². The fourth-order valence-corrected chi connectivity index (χ4v) is 4.15. The SMILES string of the molecule is CCCCOP(=O)(CCCOCc1ccccc1)COc1ccccc1. The first-order valence-corrected chi connectivity index (χ1v) is 11.2. The van der Waals surface area contributed by atoms with E-state index in [4.69, 9.17) is 14.0 Å². The summed E-state index contributed by atoms with van der Waals surface area (Å²) in [5.74, 6) is 0.715. The molecule has 4 nitrogen and oxygen atoms in total. The Bertz CT molecular complexity index is 646. The van der Waals surface area contributed by atoms with Crippen molar-refractivity contribution in [1.82, 2.24) is 0 Å². The van der Waals surface area contributed by atoms with Gasteiger partial charge in [-0.2, -0.15) is 0 Å². The fourth-order valence-electron chi connectivity index (χ4n) is 2.40. The Morgan fingerprint density at radius 3 is 2.27 bits per heavy atom. The molecule has 0 amide bonds. The highest BCUT2D eigenvalue weighted by molar-refractivity contribution is 7.58. The molecule has 0 spiro atoms. The monoisotopic (exact) mass is 376 g/mol. The molecule has 2 rings (SSSR count). The summed E-state index contributed by atoms with van der Waals surface area (Å²) in [7, 11) is -2.83. The molecule has 0 saturated carbocycles. The van der Waals surface area contributed by atoms with Gasteiger partial charge in [0.25, 0.3) is 0 Å². The predicted octanol–water partition coefficient (Wildman–Crippen LogP) is 5.72. The molecular formula is C21H29O4P. The minimum Gasteiger partial charge on any atom is -0.484 e. The first-order valence-electron chi connectivity index (χ1n) is 9.24. The standard InChI is InChI=1S/C21H29O4P/c1-2-3-16-25-26(22,19-24-21-13-8-5-9-14-21)17-10-15-23-18-20-11-6-4-7-12-20/h4-9,11-14H,2-3,10,15-19H2,1H3. The van der Waals surface area contributed by atoms with E-state index in [9.17, 15) is 4.57 Å². The van der Waals surface area contributed by atoms with E-state index < -0.39 is 7.37 Å². The first-order chi connectivity index (χ1) is 12.7. The van der Waals surface area contributed by atoms with Gasteiger partial charge in [0.1, 0.15) is 5.75 Å². The lowest BCUT2D eigenvalue weighted by Gasteiger charge is -2.19. The molecule has 1 unspecified atom stereocenters. The Kier molecular flexibility index (Phi) is 9.47. The summed E-state index contributed by atoms with van der Waals surface area (Å²) >= 11 is 0. The topological polar surface area (TPSA) is 44.8 Å². The minimum atomic E-state index is -2.83. The van der Waals surface area contributed by atoms with E-state index in [-0.39, 0.29) is 6.35 Å². The second-order valence-corrected chi connectivity index (χ2v) is 8.80. The molecule has 26 heavy (non-hydrogen) atoms. The predicted molar refractivity (Wildman–Crippen MR) is 106 cm³/mol. The van der Waals surface area contributed by atoms with Crippen LogP contribution < -0.4 is 4.74 Å². The van der Waals surface area contributed by atoms with Gasteiger partial charge in [-0.25, -0.2) is 0 Å². The molecule has 0 N–H and O–H groups in total. The highest BCUT2D eigenvalue weighted by Gasteiger charge is 2.24. The minimum absolute atomic E-state index is 0.111. The molecule has 0 radical (unpaired) electrons. The van der Waals surface area contributed by atoms with Crippen LogP contribution in [0, 0.1) is 0 Å². The van der Waals surface area contributed by atoms with Crippen LogP contribution in [0.4, 0.5) is 0 Å². The van der Waals surface area contributed by atoms with Gasteiger partial charge in [-0.3, -0.25) is 4.57 Å². The molecule has 0 aliphatic carbocycles. The van der Waals surface area contributed by atoms with Gasteiger partial charge in [-0.15, -0.1) is 0 Å². The Hall–Kier alpha value is -1.61. The third-order valence-electron chi connectivity index (χ3n) is 3.89. The van der Waals surface area contributed by atoms with Crippen molar-refractivity contribution in [3.63, 3.8) is 0 Å². The molecule has 2 aromatic carbocycles. The second kappa shape index (κ2) is 11.9. The maximum atomic E-state index is 13.1. The van der Waals surface area contributed by atoms with Crippen LogP contribution in [0.5, 0.6) is 5.75 Å². The summed E-state index contributed by atoms with van der Waals surface area (Å²) in [6.07, 6.45) is 3.19. The molecule has 0 heterocycles. The number of unbranched alkanes of at least 4 members (excludes halogenated alkanes) is 1. The van der Waals surface area contributed by atoms with Crippen molar-refractivity contribution in [1.29, 1.82) is 0 Å². The van der Waals surface area contributed by atoms with Gasteiger partial charge in [0.05, 0.1) is 13.2 Å². The smallest absolute Gasteiger partial charge is 0.239 e. The zero-order valence-electron chi connectivity index (χ0n) is 15.5. The average molecular weight is 376 g/mol. The van der Waals surface area contributed by atoms with Crippen molar-refractivity contribution in [2.75, 3.05) is 25.7 Å². The molecule has 0 aromatic heterocycles. The maximum absolute atomic E-state index is 13.1. The second-order valence-electron chi connectivity index (χ2n) is 6.20. The van der Waals surface area contributed by atoms with Gasteiger partial charge >= 0.3 is 0 Å². The normalized spacial score (nSPS) is 13.3. The molecule has 0 bridgehead atoms. The number of benzene rings is 2. The van der Waals surface area contributed by atoms with Crippen LogP contribution in [-0.2, 0) is 20.4 Å². The van der Waals surface area contributed by atoms with Gasteiger partial charge < -0.3 is 14.0 Å². The zero-order valence-corrected chi connectivity index (χ0v) is 16.4. The molecule has 5 heteroatoms. The van der Waals surface area contributed by atoms with Gasteiger partial charge in [0, 0.05) is 12.8 Å². The number of ether oxygens (including phenoxy) is 2. The summed E-state index contributed by atoms with van der Waals surface area (Å²) in [5.41, 5.74) is 1.14. The van der Waals surface area contributed by atoms with Crippen LogP contribution in [0.25, 0.3) is 0 Å². The van der Waals surface area contributed by atoms with Crippen molar-refractivity contribution in [2.24, 2.45) is 0 Å². The van der Waals surface area contributed by atoms with Crippen molar-refractivity contribution >= 4 is 7.37 Å². The summed E-state index contributed by atoms with van der Waals surface area (Å²) in [6.45, 7) is 3.73. The van der Waals surface area contributed by atoms with E-state index in [0.717, 1.165) is 18.4 Å². The van der Waals surface area contributed by atoms with E-state index in [1.165, 1.54) is 0 Å². The Labute approximate surface area is 156 Å². The average Bonchev–Trinajstić information content (AvgIpc) is 2.68. The third kappa shape index (κ3) is 8.18. The fraction of sp³-hybridized carbons (Fsp3) is 0.429.